The number of pyridine rings is 1. The number of nitrogens with zero attached hydrogens (tertiary/aromatic N) is 3. The van der Waals surface area contributed by atoms with Gasteiger partial charge in [-0.25, -0.2) is 14.8 Å². The summed E-state index contributed by atoms with van der Waals surface area (Å²) in [6.45, 7) is 2.66. The standard InChI is InChI=1S/C18H17ClF3N3O3S/c1-2-28-17(27)13-9-29-15(24-13)10-3-5-25(6-4-10)16(26)12-7-11(18(20,21)22)8-14(19)23-12/h7-10H,2-6H2,1H3. The molecule has 3 rings (SSSR count). The molecule has 1 fully saturated rings. The van der Waals surface area contributed by atoms with E-state index in [1.165, 1.54) is 16.2 Å². The Hall–Kier alpha value is -2.20. The van der Waals surface area contributed by atoms with Gasteiger partial charge >= 0.3 is 12.1 Å². The van der Waals surface area contributed by atoms with Crippen LogP contribution in [0.5, 0.6) is 0 Å². The number of rotatable bonds is 4. The fourth-order valence-electron chi connectivity index (χ4n) is 3.04. The van der Waals surface area contributed by atoms with Crippen molar-refractivity contribution in [3.63, 3.8) is 0 Å². The molecule has 1 amide bonds. The number of carbonyl (C=O) groups excluding carboxylic acids is 2. The number of piperidine rings is 1. The molecule has 1 aliphatic heterocycles. The number of aromatic nitrogens is 2. The number of amides is 1. The quantitative estimate of drug-likeness (QED) is 0.513. The van der Waals surface area contributed by atoms with Gasteiger partial charge in [0.15, 0.2) is 5.69 Å². The lowest BCUT2D eigenvalue weighted by atomic mass is 9.97. The van der Waals surface area contributed by atoms with Crippen molar-refractivity contribution in [2.24, 2.45) is 0 Å². The van der Waals surface area contributed by atoms with E-state index in [0.29, 0.717) is 38.1 Å². The highest BCUT2D eigenvalue weighted by molar-refractivity contribution is 7.09. The van der Waals surface area contributed by atoms with Crippen LogP contribution < -0.4 is 0 Å². The summed E-state index contributed by atoms with van der Waals surface area (Å²) in [4.78, 5) is 33.9. The minimum absolute atomic E-state index is 0.0604. The van der Waals surface area contributed by atoms with Gasteiger partial charge in [0.1, 0.15) is 10.8 Å². The number of ether oxygens (including phenoxy) is 1. The van der Waals surface area contributed by atoms with Crippen LogP contribution in [0.25, 0.3) is 0 Å². The summed E-state index contributed by atoms with van der Waals surface area (Å²) in [5.74, 6) is -1.01. The van der Waals surface area contributed by atoms with Crippen LogP contribution in [-0.2, 0) is 10.9 Å². The number of hydrogen-bond donors (Lipinski definition) is 0. The fourth-order valence-corrected chi connectivity index (χ4v) is 4.20. The van der Waals surface area contributed by atoms with Crippen molar-refractivity contribution in [2.45, 2.75) is 31.9 Å². The molecule has 0 atom stereocenters. The third kappa shape index (κ3) is 5.05. The summed E-state index contributed by atoms with van der Waals surface area (Å²) >= 11 is 7.02. The smallest absolute Gasteiger partial charge is 0.416 e. The average molecular weight is 448 g/mol. The van der Waals surface area contributed by atoms with Gasteiger partial charge in [-0.3, -0.25) is 4.79 Å². The van der Waals surface area contributed by atoms with Crippen molar-refractivity contribution in [3.05, 3.63) is 44.6 Å². The summed E-state index contributed by atoms with van der Waals surface area (Å²) in [6, 6.07) is 1.40. The van der Waals surface area contributed by atoms with Crippen LogP contribution in [0.1, 0.15) is 57.2 Å². The van der Waals surface area contributed by atoms with Crippen molar-refractivity contribution in [1.29, 1.82) is 0 Å². The highest BCUT2D eigenvalue weighted by Gasteiger charge is 2.33. The van der Waals surface area contributed by atoms with Gasteiger partial charge in [0.25, 0.3) is 5.91 Å². The maximum atomic E-state index is 12.9. The monoisotopic (exact) mass is 447 g/mol. The fraction of sp³-hybridized carbons (Fsp3) is 0.444. The predicted molar refractivity (Wildman–Crippen MR) is 100 cm³/mol. The maximum absolute atomic E-state index is 12.9. The topological polar surface area (TPSA) is 72.4 Å². The summed E-state index contributed by atoms with van der Waals surface area (Å²) in [7, 11) is 0. The van der Waals surface area contributed by atoms with Crippen LogP contribution in [0.15, 0.2) is 17.5 Å². The molecule has 0 saturated carbocycles. The third-order valence-corrected chi connectivity index (χ3v) is 5.68. The summed E-state index contributed by atoms with van der Waals surface area (Å²) in [5, 5.41) is 2.03. The Bertz CT molecular complexity index is 911. The lowest BCUT2D eigenvalue weighted by Gasteiger charge is -2.31. The van der Waals surface area contributed by atoms with E-state index < -0.39 is 23.6 Å². The van der Waals surface area contributed by atoms with E-state index in [4.69, 9.17) is 16.3 Å². The molecule has 0 bridgehead atoms. The van der Waals surface area contributed by atoms with Gasteiger partial charge in [-0.15, -0.1) is 11.3 Å². The normalized spacial score (nSPS) is 15.4. The molecular weight excluding hydrogens is 431 g/mol. The Balaban J connectivity index is 1.66. The van der Waals surface area contributed by atoms with Crippen LogP contribution in [0.4, 0.5) is 13.2 Å². The summed E-state index contributed by atoms with van der Waals surface area (Å²) in [6.07, 6.45) is -3.46. The first-order chi connectivity index (χ1) is 13.7. The average Bonchev–Trinajstić information content (AvgIpc) is 3.17. The van der Waals surface area contributed by atoms with Crippen LogP contribution in [0, 0.1) is 0 Å². The van der Waals surface area contributed by atoms with Gasteiger partial charge in [0.05, 0.1) is 17.2 Å². The Labute approximate surface area is 173 Å². The third-order valence-electron chi connectivity index (χ3n) is 4.48. The second kappa shape index (κ2) is 8.66. The van der Waals surface area contributed by atoms with Gasteiger partial charge in [-0.05, 0) is 31.9 Å². The zero-order valence-corrected chi connectivity index (χ0v) is 16.9. The molecule has 6 nitrogen and oxygen atoms in total. The Morgan fingerprint density at radius 1 is 1.24 bits per heavy atom. The van der Waals surface area contributed by atoms with Gasteiger partial charge in [0.2, 0.25) is 0 Å². The number of hydrogen-bond acceptors (Lipinski definition) is 6. The second-order valence-electron chi connectivity index (χ2n) is 6.42. The van der Waals surface area contributed by atoms with E-state index in [-0.39, 0.29) is 29.1 Å². The van der Waals surface area contributed by atoms with Crippen LogP contribution in [0.2, 0.25) is 5.15 Å². The minimum atomic E-state index is -4.62. The molecule has 2 aromatic heterocycles. The van der Waals surface area contributed by atoms with Gasteiger partial charge in [-0.1, -0.05) is 11.6 Å². The molecule has 0 N–H and O–H groups in total. The first-order valence-corrected chi connectivity index (χ1v) is 10.1. The molecule has 0 aliphatic carbocycles. The first-order valence-electron chi connectivity index (χ1n) is 8.85. The molecule has 0 radical (unpaired) electrons. The molecule has 11 heteroatoms. The van der Waals surface area contributed by atoms with E-state index in [1.54, 1.807) is 12.3 Å². The molecule has 2 aromatic rings. The van der Waals surface area contributed by atoms with E-state index >= 15 is 0 Å². The molecule has 1 aliphatic rings. The van der Waals surface area contributed by atoms with E-state index in [1.807, 2.05) is 0 Å². The summed E-state index contributed by atoms with van der Waals surface area (Å²) < 4.78 is 43.8. The van der Waals surface area contributed by atoms with Gasteiger partial charge < -0.3 is 9.64 Å². The van der Waals surface area contributed by atoms with Crippen LogP contribution in [-0.4, -0.2) is 46.4 Å². The van der Waals surface area contributed by atoms with Gasteiger partial charge in [0, 0.05) is 24.4 Å². The lowest BCUT2D eigenvalue weighted by Crippen LogP contribution is -2.38. The molecular formula is C18H17ClF3N3O3S. The molecule has 3 heterocycles. The number of halogens is 4. The summed E-state index contributed by atoms with van der Waals surface area (Å²) in [5.41, 5.74) is -1.08. The zero-order chi connectivity index (χ0) is 21.2. The largest absolute Gasteiger partial charge is 0.461 e. The van der Waals surface area contributed by atoms with Crippen molar-refractivity contribution in [1.82, 2.24) is 14.9 Å². The van der Waals surface area contributed by atoms with E-state index in [9.17, 15) is 22.8 Å². The predicted octanol–water partition coefficient (Wildman–Crippen LogP) is 4.41. The number of esters is 1. The van der Waals surface area contributed by atoms with Crippen LogP contribution >= 0.6 is 22.9 Å². The SMILES string of the molecule is CCOC(=O)c1csc(C2CCN(C(=O)c3cc(C(F)(F)F)cc(Cl)n3)CC2)n1. The van der Waals surface area contributed by atoms with Crippen molar-refractivity contribution in [2.75, 3.05) is 19.7 Å². The zero-order valence-electron chi connectivity index (χ0n) is 15.3. The van der Waals surface area contributed by atoms with E-state index in [0.717, 1.165) is 5.01 Å². The number of likely N-dealkylation sites (tertiary alicyclic amines) is 1. The highest BCUT2D eigenvalue weighted by atomic mass is 35.5. The Kier molecular flexibility index (Phi) is 6.42. The Morgan fingerprint density at radius 3 is 2.55 bits per heavy atom. The lowest BCUT2D eigenvalue weighted by molar-refractivity contribution is -0.137. The van der Waals surface area contributed by atoms with E-state index in [2.05, 4.69) is 9.97 Å². The number of carbonyl (C=O) groups is 2. The molecule has 0 unspecified atom stereocenters. The van der Waals surface area contributed by atoms with Crippen molar-refractivity contribution in [3.8, 4) is 0 Å². The maximum Gasteiger partial charge on any atom is 0.416 e. The van der Waals surface area contributed by atoms with Crippen LogP contribution in [0.3, 0.4) is 0 Å². The highest BCUT2D eigenvalue weighted by Crippen LogP contribution is 2.33. The van der Waals surface area contributed by atoms with Crippen molar-refractivity contribution < 1.29 is 27.5 Å². The molecule has 156 valence electrons. The second-order valence-corrected chi connectivity index (χ2v) is 7.70. The minimum Gasteiger partial charge on any atom is -0.461 e. The first kappa shape index (κ1) is 21.5. The van der Waals surface area contributed by atoms with Crippen molar-refractivity contribution >= 4 is 34.8 Å². The number of alkyl halides is 3. The molecule has 0 spiro atoms. The Morgan fingerprint density at radius 2 is 1.93 bits per heavy atom. The molecule has 0 aromatic carbocycles. The molecule has 29 heavy (non-hydrogen) atoms. The molecule has 1 saturated heterocycles. The number of thiazole rings is 1. The van der Waals surface area contributed by atoms with Gasteiger partial charge in [-0.2, -0.15) is 13.2 Å².